The van der Waals surface area contributed by atoms with Gasteiger partial charge in [0.15, 0.2) is 0 Å². The van der Waals surface area contributed by atoms with Gasteiger partial charge < -0.3 is 9.64 Å². The Hall–Kier alpha value is -1.84. The number of carbonyl (C=O) groups excluding carboxylic acids is 2. The monoisotopic (exact) mass is 289 g/mol. The first kappa shape index (κ1) is 15.5. The van der Waals surface area contributed by atoms with Crippen molar-refractivity contribution in [3.63, 3.8) is 0 Å². The molecule has 1 unspecified atom stereocenters. The maximum absolute atomic E-state index is 12.5. The van der Waals surface area contributed by atoms with E-state index >= 15 is 0 Å². The number of ether oxygens (including phenoxy) is 1. The number of likely N-dealkylation sites (tertiary alicyclic amines) is 1. The molecule has 21 heavy (non-hydrogen) atoms. The van der Waals surface area contributed by atoms with Crippen molar-refractivity contribution in [1.82, 2.24) is 4.90 Å². The van der Waals surface area contributed by atoms with E-state index in [-0.39, 0.29) is 11.9 Å². The third kappa shape index (κ3) is 3.63. The quantitative estimate of drug-likeness (QED) is 0.783. The third-order valence-corrected chi connectivity index (χ3v) is 4.01. The minimum atomic E-state index is -0.428. The SMILES string of the molecule is CCCCc1ccc(C(=O)N2CCCC2C(=O)OC)cc1. The Morgan fingerprint density at radius 3 is 2.62 bits per heavy atom. The lowest BCUT2D eigenvalue weighted by Crippen LogP contribution is -2.41. The normalized spacial score (nSPS) is 17.8. The lowest BCUT2D eigenvalue weighted by molar-refractivity contribution is -0.145. The van der Waals surface area contributed by atoms with E-state index in [1.54, 1.807) is 4.90 Å². The zero-order valence-corrected chi connectivity index (χ0v) is 12.8. The summed E-state index contributed by atoms with van der Waals surface area (Å²) in [6, 6.07) is 7.31. The second-order valence-electron chi connectivity index (χ2n) is 5.48. The summed E-state index contributed by atoms with van der Waals surface area (Å²) < 4.78 is 4.78. The van der Waals surface area contributed by atoms with Crippen molar-refractivity contribution in [2.24, 2.45) is 0 Å². The maximum Gasteiger partial charge on any atom is 0.328 e. The van der Waals surface area contributed by atoms with E-state index in [1.165, 1.54) is 12.7 Å². The molecule has 1 aromatic rings. The van der Waals surface area contributed by atoms with Gasteiger partial charge in [-0.3, -0.25) is 4.79 Å². The lowest BCUT2D eigenvalue weighted by Gasteiger charge is -2.22. The van der Waals surface area contributed by atoms with Crippen LogP contribution in [0.15, 0.2) is 24.3 Å². The molecule has 4 nitrogen and oxygen atoms in total. The number of methoxy groups -OCH3 is 1. The second-order valence-corrected chi connectivity index (χ2v) is 5.48. The minimum Gasteiger partial charge on any atom is -0.467 e. The van der Waals surface area contributed by atoms with Crippen molar-refractivity contribution in [3.8, 4) is 0 Å². The molecule has 0 spiro atoms. The van der Waals surface area contributed by atoms with Crippen LogP contribution in [0.2, 0.25) is 0 Å². The second kappa shape index (κ2) is 7.25. The molecule has 1 saturated heterocycles. The van der Waals surface area contributed by atoms with Crippen molar-refractivity contribution in [3.05, 3.63) is 35.4 Å². The van der Waals surface area contributed by atoms with E-state index < -0.39 is 6.04 Å². The number of rotatable bonds is 5. The zero-order chi connectivity index (χ0) is 15.2. The molecule has 0 saturated carbocycles. The Bertz CT molecular complexity index is 495. The Morgan fingerprint density at radius 1 is 1.29 bits per heavy atom. The Labute approximate surface area is 126 Å². The highest BCUT2D eigenvalue weighted by Crippen LogP contribution is 2.21. The van der Waals surface area contributed by atoms with E-state index in [9.17, 15) is 9.59 Å². The summed E-state index contributed by atoms with van der Waals surface area (Å²) in [5.74, 6) is -0.398. The molecule has 1 aliphatic rings. The van der Waals surface area contributed by atoms with Crippen LogP contribution in [0.25, 0.3) is 0 Å². The van der Waals surface area contributed by atoms with Crippen LogP contribution in [0.1, 0.15) is 48.5 Å². The Morgan fingerprint density at radius 2 is 2.00 bits per heavy atom. The topological polar surface area (TPSA) is 46.6 Å². The number of esters is 1. The number of nitrogens with zero attached hydrogens (tertiary/aromatic N) is 1. The van der Waals surface area contributed by atoms with Crippen LogP contribution < -0.4 is 0 Å². The van der Waals surface area contributed by atoms with Crippen LogP contribution in [-0.2, 0) is 16.0 Å². The lowest BCUT2D eigenvalue weighted by atomic mass is 10.1. The number of aryl methyl sites for hydroxylation is 1. The van der Waals surface area contributed by atoms with Gasteiger partial charge in [-0.25, -0.2) is 4.79 Å². The number of amides is 1. The van der Waals surface area contributed by atoms with Gasteiger partial charge in [0.25, 0.3) is 5.91 Å². The average Bonchev–Trinajstić information content (AvgIpc) is 3.01. The van der Waals surface area contributed by atoms with E-state index in [0.717, 1.165) is 25.7 Å². The van der Waals surface area contributed by atoms with E-state index in [0.29, 0.717) is 18.5 Å². The summed E-state index contributed by atoms with van der Waals surface area (Å²) in [6.45, 7) is 2.79. The summed E-state index contributed by atoms with van der Waals surface area (Å²) in [5, 5.41) is 0. The molecule has 4 heteroatoms. The highest BCUT2D eigenvalue weighted by Gasteiger charge is 2.35. The van der Waals surface area contributed by atoms with Gasteiger partial charge in [-0.15, -0.1) is 0 Å². The van der Waals surface area contributed by atoms with Gasteiger partial charge in [0.05, 0.1) is 7.11 Å². The molecule has 1 atom stereocenters. The summed E-state index contributed by atoms with van der Waals surface area (Å²) >= 11 is 0. The molecule has 0 radical (unpaired) electrons. The maximum atomic E-state index is 12.5. The first-order valence-electron chi connectivity index (χ1n) is 7.65. The molecule has 2 rings (SSSR count). The van der Waals surface area contributed by atoms with Gasteiger partial charge in [-0.05, 0) is 43.4 Å². The van der Waals surface area contributed by atoms with E-state index in [4.69, 9.17) is 4.74 Å². The fourth-order valence-corrected chi connectivity index (χ4v) is 2.75. The summed E-state index contributed by atoms with van der Waals surface area (Å²) in [4.78, 5) is 25.9. The minimum absolute atomic E-state index is 0.0788. The number of hydrogen-bond acceptors (Lipinski definition) is 3. The van der Waals surface area contributed by atoms with Crippen LogP contribution in [0.4, 0.5) is 0 Å². The molecule has 1 amide bonds. The van der Waals surface area contributed by atoms with Gasteiger partial charge in [0.1, 0.15) is 6.04 Å². The third-order valence-electron chi connectivity index (χ3n) is 4.01. The number of unbranched alkanes of at least 4 members (excludes halogenated alkanes) is 1. The molecule has 0 bridgehead atoms. The molecule has 1 aliphatic heterocycles. The molecule has 0 N–H and O–H groups in total. The first-order valence-corrected chi connectivity index (χ1v) is 7.65. The highest BCUT2D eigenvalue weighted by atomic mass is 16.5. The standard InChI is InChI=1S/C17H23NO3/c1-3-4-6-13-8-10-14(11-9-13)16(19)18-12-5-7-15(18)17(20)21-2/h8-11,15H,3-7,12H2,1-2H3. The predicted octanol–water partition coefficient (Wildman–Crippen LogP) is 2.81. The van der Waals surface area contributed by atoms with Crippen molar-refractivity contribution >= 4 is 11.9 Å². The summed E-state index contributed by atoms with van der Waals surface area (Å²) in [5.41, 5.74) is 1.89. The number of hydrogen-bond donors (Lipinski definition) is 0. The summed E-state index contributed by atoms with van der Waals surface area (Å²) in [6.07, 6.45) is 4.89. The fourth-order valence-electron chi connectivity index (χ4n) is 2.75. The molecular weight excluding hydrogens is 266 g/mol. The smallest absolute Gasteiger partial charge is 0.328 e. The van der Waals surface area contributed by atoms with Crippen LogP contribution in [0.5, 0.6) is 0 Å². The zero-order valence-electron chi connectivity index (χ0n) is 12.8. The largest absolute Gasteiger partial charge is 0.467 e. The van der Waals surface area contributed by atoms with Gasteiger partial charge in [0, 0.05) is 12.1 Å². The van der Waals surface area contributed by atoms with E-state index in [1.807, 2.05) is 24.3 Å². The van der Waals surface area contributed by atoms with Crippen molar-refractivity contribution in [1.29, 1.82) is 0 Å². The van der Waals surface area contributed by atoms with Gasteiger partial charge in [-0.2, -0.15) is 0 Å². The molecule has 0 aliphatic carbocycles. The van der Waals surface area contributed by atoms with Gasteiger partial charge >= 0.3 is 5.97 Å². The number of carbonyl (C=O) groups is 2. The molecule has 1 heterocycles. The molecular formula is C17H23NO3. The van der Waals surface area contributed by atoms with Crippen molar-refractivity contribution < 1.29 is 14.3 Å². The fraction of sp³-hybridized carbons (Fsp3) is 0.529. The van der Waals surface area contributed by atoms with Crippen LogP contribution in [0.3, 0.4) is 0 Å². The molecule has 114 valence electrons. The van der Waals surface area contributed by atoms with Crippen LogP contribution in [-0.4, -0.2) is 36.5 Å². The average molecular weight is 289 g/mol. The highest BCUT2D eigenvalue weighted by molar-refractivity contribution is 5.97. The number of benzene rings is 1. The van der Waals surface area contributed by atoms with Crippen LogP contribution in [0, 0.1) is 0 Å². The van der Waals surface area contributed by atoms with Crippen molar-refractivity contribution in [2.45, 2.75) is 45.1 Å². The van der Waals surface area contributed by atoms with Gasteiger partial charge in [0.2, 0.25) is 0 Å². The summed E-state index contributed by atoms with van der Waals surface area (Å²) in [7, 11) is 1.37. The van der Waals surface area contributed by atoms with Crippen molar-refractivity contribution in [2.75, 3.05) is 13.7 Å². The molecule has 1 aromatic carbocycles. The van der Waals surface area contributed by atoms with Crippen LogP contribution >= 0.6 is 0 Å². The first-order chi connectivity index (χ1) is 10.2. The predicted molar refractivity (Wildman–Crippen MR) is 81.1 cm³/mol. The van der Waals surface area contributed by atoms with Gasteiger partial charge in [-0.1, -0.05) is 25.5 Å². The molecule has 0 aromatic heterocycles. The Balaban J connectivity index is 2.07. The van der Waals surface area contributed by atoms with E-state index in [2.05, 4.69) is 6.92 Å². The Kier molecular flexibility index (Phi) is 5.37. The molecule has 1 fully saturated rings.